The summed E-state index contributed by atoms with van der Waals surface area (Å²) in [5, 5.41) is 0. The predicted molar refractivity (Wildman–Crippen MR) is 168 cm³/mol. The van der Waals surface area contributed by atoms with E-state index in [1.807, 2.05) is 91.3 Å². The van der Waals surface area contributed by atoms with Crippen LogP contribution in [0.1, 0.15) is 0 Å². The van der Waals surface area contributed by atoms with Crippen LogP contribution in [-0.2, 0) is 0 Å². The first-order valence-corrected chi connectivity index (χ1v) is 13.7. The molecule has 7 rings (SSSR count). The molecule has 0 amide bonds. The number of hydrogen-bond donors (Lipinski definition) is 0. The highest BCUT2D eigenvalue weighted by Crippen LogP contribution is 2.29. The summed E-state index contributed by atoms with van der Waals surface area (Å²) in [4.78, 5) is 23.6. The van der Waals surface area contributed by atoms with Crippen molar-refractivity contribution in [2.75, 3.05) is 0 Å². The largest absolute Gasteiger partial charge is 0.264 e. The summed E-state index contributed by atoms with van der Waals surface area (Å²) >= 11 is 0. The first-order chi connectivity index (χ1) is 20.8. The van der Waals surface area contributed by atoms with Crippen LogP contribution in [0.4, 0.5) is 0 Å². The van der Waals surface area contributed by atoms with E-state index in [4.69, 9.17) is 15.0 Å². The highest BCUT2D eigenvalue weighted by molar-refractivity contribution is 5.74. The van der Waals surface area contributed by atoms with Gasteiger partial charge in [0.1, 0.15) is 0 Å². The van der Waals surface area contributed by atoms with E-state index in [0.29, 0.717) is 17.5 Å². The van der Waals surface area contributed by atoms with Crippen LogP contribution in [0.3, 0.4) is 0 Å². The molecule has 0 aliphatic rings. The SMILES string of the molecule is c1ccc(-c2ccc(-c3nc(-c4ccccc4)nc(-c4cccc(-c5ccc(-c6cccnc6)nc5)c4)n3)cc2)cc1. The molecule has 42 heavy (non-hydrogen) atoms. The summed E-state index contributed by atoms with van der Waals surface area (Å²) in [6.07, 6.45) is 5.48. The fourth-order valence-corrected chi connectivity index (χ4v) is 4.88. The molecule has 7 aromatic rings. The molecule has 0 radical (unpaired) electrons. The van der Waals surface area contributed by atoms with Crippen molar-refractivity contribution in [1.82, 2.24) is 24.9 Å². The van der Waals surface area contributed by atoms with Crippen molar-refractivity contribution in [2.24, 2.45) is 0 Å². The minimum atomic E-state index is 0.618. The minimum absolute atomic E-state index is 0.618. The second kappa shape index (κ2) is 11.4. The zero-order valence-electron chi connectivity index (χ0n) is 22.7. The molecule has 0 bridgehead atoms. The quantitative estimate of drug-likeness (QED) is 0.212. The molecule has 0 atom stereocenters. The number of hydrogen-bond acceptors (Lipinski definition) is 5. The van der Waals surface area contributed by atoms with E-state index >= 15 is 0 Å². The molecule has 0 aliphatic carbocycles. The second-order valence-corrected chi connectivity index (χ2v) is 9.87. The molecule has 0 unspecified atom stereocenters. The Bertz CT molecular complexity index is 1940. The van der Waals surface area contributed by atoms with Gasteiger partial charge in [0.05, 0.1) is 5.69 Å². The van der Waals surface area contributed by atoms with Gasteiger partial charge < -0.3 is 0 Å². The highest BCUT2D eigenvalue weighted by atomic mass is 15.0. The Morgan fingerprint density at radius 1 is 0.333 bits per heavy atom. The van der Waals surface area contributed by atoms with Crippen molar-refractivity contribution >= 4 is 0 Å². The minimum Gasteiger partial charge on any atom is -0.264 e. The van der Waals surface area contributed by atoms with E-state index in [0.717, 1.165) is 44.6 Å². The van der Waals surface area contributed by atoms with Crippen LogP contribution in [0.5, 0.6) is 0 Å². The lowest BCUT2D eigenvalue weighted by Crippen LogP contribution is -2.00. The molecule has 3 aromatic heterocycles. The van der Waals surface area contributed by atoms with Gasteiger partial charge in [-0.05, 0) is 41.0 Å². The monoisotopic (exact) mass is 539 g/mol. The lowest BCUT2D eigenvalue weighted by atomic mass is 10.0. The van der Waals surface area contributed by atoms with Gasteiger partial charge in [-0.25, -0.2) is 15.0 Å². The van der Waals surface area contributed by atoms with Crippen LogP contribution in [0.15, 0.2) is 152 Å². The van der Waals surface area contributed by atoms with Crippen LogP contribution < -0.4 is 0 Å². The van der Waals surface area contributed by atoms with Gasteiger partial charge in [0.15, 0.2) is 17.5 Å². The van der Waals surface area contributed by atoms with E-state index in [1.165, 1.54) is 5.56 Å². The number of rotatable bonds is 6. The molecule has 4 aromatic carbocycles. The van der Waals surface area contributed by atoms with Gasteiger partial charge in [-0.1, -0.05) is 109 Å². The lowest BCUT2D eigenvalue weighted by Gasteiger charge is -2.10. The van der Waals surface area contributed by atoms with Gasteiger partial charge in [-0.3, -0.25) is 9.97 Å². The third-order valence-corrected chi connectivity index (χ3v) is 7.09. The van der Waals surface area contributed by atoms with E-state index in [2.05, 4.69) is 64.6 Å². The summed E-state index contributed by atoms with van der Waals surface area (Å²) in [5.74, 6) is 1.88. The van der Waals surface area contributed by atoms with Crippen LogP contribution in [0, 0.1) is 0 Å². The average Bonchev–Trinajstić information content (AvgIpc) is 3.09. The third kappa shape index (κ3) is 5.31. The fourth-order valence-electron chi connectivity index (χ4n) is 4.88. The standard InChI is InChI=1S/C37H25N5/c1-3-9-26(10-4-1)27-16-18-29(19-17-27)36-40-35(28-11-5-2-6-12-28)41-37(42-36)31-14-7-13-30(23-31)32-20-21-34(39-25-32)33-15-8-22-38-24-33/h1-25H. The fraction of sp³-hybridized carbons (Fsp3) is 0. The molecule has 0 saturated carbocycles. The highest BCUT2D eigenvalue weighted by Gasteiger charge is 2.13. The molecule has 5 heteroatoms. The molecule has 198 valence electrons. The van der Waals surface area contributed by atoms with Gasteiger partial charge in [0.2, 0.25) is 0 Å². The zero-order chi connectivity index (χ0) is 28.1. The predicted octanol–water partition coefficient (Wildman–Crippen LogP) is 8.66. The van der Waals surface area contributed by atoms with Gasteiger partial charge in [0.25, 0.3) is 0 Å². The molecule has 0 aliphatic heterocycles. The summed E-state index contributed by atoms with van der Waals surface area (Å²) in [6.45, 7) is 0. The molecule has 3 heterocycles. The first-order valence-electron chi connectivity index (χ1n) is 13.7. The van der Waals surface area contributed by atoms with Crippen molar-refractivity contribution in [3.63, 3.8) is 0 Å². The molecule has 0 fully saturated rings. The maximum absolute atomic E-state index is 4.95. The molecular formula is C37H25N5. The Labute approximate surface area is 244 Å². The Balaban J connectivity index is 1.27. The van der Waals surface area contributed by atoms with Crippen molar-refractivity contribution in [1.29, 1.82) is 0 Å². The third-order valence-electron chi connectivity index (χ3n) is 7.09. The van der Waals surface area contributed by atoms with Crippen molar-refractivity contribution in [2.45, 2.75) is 0 Å². The molecule has 0 N–H and O–H groups in total. The van der Waals surface area contributed by atoms with Crippen LogP contribution in [0.25, 0.3) is 67.7 Å². The molecule has 0 spiro atoms. The Hall–Kier alpha value is -5.81. The van der Waals surface area contributed by atoms with E-state index in [-0.39, 0.29) is 0 Å². The summed E-state index contributed by atoms with van der Waals surface area (Å²) < 4.78 is 0. The van der Waals surface area contributed by atoms with E-state index < -0.39 is 0 Å². The van der Waals surface area contributed by atoms with Gasteiger partial charge in [-0.15, -0.1) is 0 Å². The van der Waals surface area contributed by atoms with Crippen LogP contribution >= 0.6 is 0 Å². The van der Waals surface area contributed by atoms with E-state index in [1.54, 1.807) is 6.20 Å². The number of nitrogens with zero attached hydrogens (tertiary/aromatic N) is 5. The maximum atomic E-state index is 4.95. The van der Waals surface area contributed by atoms with Crippen molar-refractivity contribution in [3.05, 3.63) is 152 Å². The summed E-state index contributed by atoms with van der Waals surface area (Å²) in [5.41, 5.74) is 9.02. The Morgan fingerprint density at radius 3 is 1.50 bits per heavy atom. The average molecular weight is 540 g/mol. The molecule has 5 nitrogen and oxygen atoms in total. The number of benzene rings is 4. The normalized spacial score (nSPS) is 10.9. The smallest absolute Gasteiger partial charge is 0.164 e. The van der Waals surface area contributed by atoms with Crippen molar-refractivity contribution in [3.8, 4) is 67.7 Å². The maximum Gasteiger partial charge on any atom is 0.164 e. The van der Waals surface area contributed by atoms with Crippen LogP contribution in [0.2, 0.25) is 0 Å². The van der Waals surface area contributed by atoms with E-state index in [9.17, 15) is 0 Å². The number of aromatic nitrogens is 5. The van der Waals surface area contributed by atoms with Gasteiger partial charge in [-0.2, -0.15) is 0 Å². The number of pyridine rings is 2. The summed E-state index contributed by atoms with van der Waals surface area (Å²) in [6, 6.07) is 45.0. The molecule has 0 saturated heterocycles. The Morgan fingerprint density at radius 2 is 0.857 bits per heavy atom. The van der Waals surface area contributed by atoms with Crippen molar-refractivity contribution < 1.29 is 0 Å². The first kappa shape index (κ1) is 25.2. The summed E-state index contributed by atoms with van der Waals surface area (Å²) in [7, 11) is 0. The van der Waals surface area contributed by atoms with Gasteiger partial charge >= 0.3 is 0 Å². The van der Waals surface area contributed by atoms with Crippen LogP contribution in [-0.4, -0.2) is 24.9 Å². The zero-order valence-corrected chi connectivity index (χ0v) is 22.7. The molecular weight excluding hydrogens is 514 g/mol. The Kier molecular flexibility index (Phi) is 6.81. The lowest BCUT2D eigenvalue weighted by molar-refractivity contribution is 1.07. The van der Waals surface area contributed by atoms with Gasteiger partial charge in [0, 0.05) is 46.4 Å². The second-order valence-electron chi connectivity index (χ2n) is 9.87. The topological polar surface area (TPSA) is 64.5 Å².